The number of allylic oxidation sites excluding steroid dienone is 4. The van der Waals surface area contributed by atoms with Crippen molar-refractivity contribution in [3.05, 3.63) is 24.3 Å². The summed E-state index contributed by atoms with van der Waals surface area (Å²) in [5, 5.41) is 8.56. The highest BCUT2D eigenvalue weighted by atomic mass is 16.4. The zero-order chi connectivity index (χ0) is 21.4. The minimum atomic E-state index is -0.695. The van der Waals surface area contributed by atoms with Crippen molar-refractivity contribution in [2.45, 2.75) is 136 Å². The van der Waals surface area contributed by atoms with E-state index in [1.165, 1.54) is 89.9 Å². The van der Waals surface area contributed by atoms with E-state index < -0.39 is 5.97 Å². The van der Waals surface area contributed by atoms with Crippen molar-refractivity contribution in [3.8, 4) is 0 Å². The second-order valence-corrected chi connectivity index (χ2v) is 8.79. The largest absolute Gasteiger partial charge is 0.481 e. The van der Waals surface area contributed by atoms with Gasteiger partial charge in [-0.1, -0.05) is 115 Å². The Morgan fingerprint density at radius 2 is 1.07 bits per heavy atom. The fraction of sp³-hybridized carbons (Fsp3) is 0.815. The molecule has 0 aliphatic heterocycles. The minimum absolute atomic E-state index is 0.281. The Hall–Kier alpha value is -1.05. The van der Waals surface area contributed by atoms with E-state index in [1.807, 2.05) is 0 Å². The van der Waals surface area contributed by atoms with Crippen molar-refractivity contribution >= 4 is 5.97 Å². The van der Waals surface area contributed by atoms with E-state index in [1.54, 1.807) is 0 Å². The van der Waals surface area contributed by atoms with Crippen LogP contribution in [0.5, 0.6) is 0 Å². The Balaban J connectivity index is 3.17. The van der Waals surface area contributed by atoms with E-state index in [0.29, 0.717) is 0 Å². The Morgan fingerprint density at radius 3 is 1.55 bits per heavy atom. The first-order chi connectivity index (χ1) is 14.2. The molecule has 0 saturated carbocycles. The highest BCUT2D eigenvalue weighted by Crippen LogP contribution is 2.15. The molecule has 1 atom stereocenters. The summed E-state index contributed by atoms with van der Waals surface area (Å²) >= 11 is 0. The molecular formula is C27H50O2. The normalized spacial score (nSPS) is 12.9. The molecule has 2 heteroatoms. The summed E-state index contributed by atoms with van der Waals surface area (Å²) in [6.45, 7) is 4.68. The summed E-state index contributed by atoms with van der Waals surface area (Å²) in [5.74, 6) is 0.232. The molecule has 2 nitrogen and oxygen atoms in total. The fourth-order valence-electron chi connectivity index (χ4n) is 3.59. The number of rotatable bonds is 22. The van der Waals surface area contributed by atoms with E-state index >= 15 is 0 Å². The topological polar surface area (TPSA) is 37.3 Å². The van der Waals surface area contributed by atoms with Crippen LogP contribution < -0.4 is 0 Å². The lowest BCUT2D eigenvalue weighted by Gasteiger charge is -2.07. The molecule has 0 aromatic rings. The molecule has 0 heterocycles. The van der Waals surface area contributed by atoms with Crippen molar-refractivity contribution in [1.29, 1.82) is 0 Å². The molecule has 0 saturated heterocycles. The van der Waals surface area contributed by atoms with E-state index in [-0.39, 0.29) is 6.42 Å². The van der Waals surface area contributed by atoms with Crippen LogP contribution in [0.1, 0.15) is 136 Å². The predicted molar refractivity (Wildman–Crippen MR) is 128 cm³/mol. The van der Waals surface area contributed by atoms with Crippen LogP contribution in [0.2, 0.25) is 0 Å². The average molecular weight is 407 g/mol. The van der Waals surface area contributed by atoms with Crippen LogP contribution in [0.25, 0.3) is 0 Å². The third-order valence-electron chi connectivity index (χ3n) is 5.86. The van der Waals surface area contributed by atoms with Gasteiger partial charge < -0.3 is 5.11 Å². The smallest absolute Gasteiger partial charge is 0.303 e. The lowest BCUT2D eigenvalue weighted by atomic mass is 9.99. The van der Waals surface area contributed by atoms with Gasteiger partial charge >= 0.3 is 5.97 Å². The predicted octanol–water partition coefficient (Wildman–Crippen LogP) is 9.25. The van der Waals surface area contributed by atoms with Crippen molar-refractivity contribution < 1.29 is 9.90 Å². The number of carboxylic acids is 1. The molecule has 0 spiro atoms. The molecule has 0 fully saturated rings. The van der Waals surface area contributed by atoms with Crippen molar-refractivity contribution in [1.82, 2.24) is 0 Å². The maximum Gasteiger partial charge on any atom is 0.303 e. The van der Waals surface area contributed by atoms with Crippen LogP contribution in [0, 0.1) is 5.92 Å². The molecule has 0 radical (unpaired) electrons. The number of hydrogen-bond donors (Lipinski definition) is 1. The number of aliphatic carboxylic acids is 1. The Bertz CT molecular complexity index is 397. The number of unbranched alkanes of at least 4 members (excludes halogenated alkanes) is 13. The first kappa shape index (κ1) is 27.9. The second kappa shape index (κ2) is 23.2. The van der Waals surface area contributed by atoms with Crippen LogP contribution in [0.4, 0.5) is 0 Å². The fourth-order valence-corrected chi connectivity index (χ4v) is 3.59. The van der Waals surface area contributed by atoms with E-state index in [0.717, 1.165) is 31.6 Å². The monoisotopic (exact) mass is 406 g/mol. The molecule has 0 bridgehead atoms. The van der Waals surface area contributed by atoms with Gasteiger partial charge in [-0.15, -0.1) is 0 Å². The number of carbonyl (C=O) groups is 1. The van der Waals surface area contributed by atoms with Gasteiger partial charge in [0.25, 0.3) is 0 Å². The van der Waals surface area contributed by atoms with Crippen LogP contribution in [-0.2, 0) is 4.79 Å². The first-order valence-electron chi connectivity index (χ1n) is 12.7. The van der Waals surface area contributed by atoms with Gasteiger partial charge in [0, 0.05) is 6.42 Å². The third kappa shape index (κ3) is 24.9. The SMILES string of the molecule is CC[C@H](C)CCCCCCCCCCCCC/C=C\CC/C=C\CCCC(=O)O. The summed E-state index contributed by atoms with van der Waals surface area (Å²) in [7, 11) is 0. The highest BCUT2D eigenvalue weighted by molar-refractivity contribution is 5.66. The average Bonchev–Trinajstić information content (AvgIpc) is 2.71. The van der Waals surface area contributed by atoms with E-state index in [9.17, 15) is 4.79 Å². The molecule has 1 N–H and O–H groups in total. The number of hydrogen-bond acceptors (Lipinski definition) is 1. The Labute approximate surface area is 182 Å². The van der Waals surface area contributed by atoms with Crippen LogP contribution >= 0.6 is 0 Å². The van der Waals surface area contributed by atoms with Crippen molar-refractivity contribution in [2.75, 3.05) is 0 Å². The molecule has 170 valence electrons. The lowest BCUT2D eigenvalue weighted by molar-refractivity contribution is -0.137. The van der Waals surface area contributed by atoms with Gasteiger partial charge in [0.15, 0.2) is 0 Å². The zero-order valence-electron chi connectivity index (χ0n) is 19.7. The maximum atomic E-state index is 10.4. The van der Waals surface area contributed by atoms with E-state index in [4.69, 9.17) is 5.11 Å². The molecule has 0 aromatic carbocycles. The molecule has 0 rings (SSSR count). The quantitative estimate of drug-likeness (QED) is 0.144. The highest BCUT2D eigenvalue weighted by Gasteiger charge is 1.98. The van der Waals surface area contributed by atoms with Crippen molar-refractivity contribution in [3.63, 3.8) is 0 Å². The Kier molecular flexibility index (Phi) is 22.4. The molecule has 0 aromatic heterocycles. The van der Waals surface area contributed by atoms with Gasteiger partial charge in [-0.25, -0.2) is 0 Å². The summed E-state index contributed by atoms with van der Waals surface area (Å²) in [4.78, 5) is 10.4. The van der Waals surface area contributed by atoms with Gasteiger partial charge in [-0.2, -0.15) is 0 Å². The van der Waals surface area contributed by atoms with Gasteiger partial charge in [-0.05, 0) is 44.4 Å². The molecule has 0 amide bonds. The second-order valence-electron chi connectivity index (χ2n) is 8.79. The number of carboxylic acid groups (broad SMARTS) is 1. The van der Waals surface area contributed by atoms with Gasteiger partial charge in [0.1, 0.15) is 0 Å². The van der Waals surface area contributed by atoms with Crippen molar-refractivity contribution in [2.24, 2.45) is 5.92 Å². The van der Waals surface area contributed by atoms with Crippen LogP contribution in [-0.4, -0.2) is 11.1 Å². The maximum absolute atomic E-state index is 10.4. The van der Waals surface area contributed by atoms with E-state index in [2.05, 4.69) is 38.2 Å². The van der Waals surface area contributed by atoms with Gasteiger partial charge in [-0.3, -0.25) is 4.79 Å². The molecule has 29 heavy (non-hydrogen) atoms. The van der Waals surface area contributed by atoms with Gasteiger partial charge in [0.05, 0.1) is 0 Å². The summed E-state index contributed by atoms with van der Waals surface area (Å²) in [6, 6.07) is 0. The Morgan fingerprint density at radius 1 is 0.655 bits per heavy atom. The summed E-state index contributed by atoms with van der Waals surface area (Å²) in [5.41, 5.74) is 0. The molecule has 0 aliphatic rings. The zero-order valence-corrected chi connectivity index (χ0v) is 19.7. The standard InChI is InChI=1S/C27H50O2/c1-3-26(2)24-22-20-18-16-14-12-10-8-6-4-5-7-9-11-13-15-17-19-21-23-25-27(28)29/h9,11,17,19,26H,3-8,10,12-16,18,20-25H2,1-2H3,(H,28,29)/b11-9-,19-17-/t26-/m0/s1. The summed E-state index contributed by atoms with van der Waals surface area (Å²) < 4.78 is 0. The first-order valence-corrected chi connectivity index (χ1v) is 12.7. The lowest BCUT2D eigenvalue weighted by Crippen LogP contribution is -1.92. The molecular weight excluding hydrogens is 356 g/mol. The van der Waals surface area contributed by atoms with Crippen LogP contribution in [0.15, 0.2) is 24.3 Å². The minimum Gasteiger partial charge on any atom is -0.481 e. The van der Waals surface area contributed by atoms with Gasteiger partial charge in [0.2, 0.25) is 0 Å². The molecule has 0 aliphatic carbocycles. The van der Waals surface area contributed by atoms with Crippen LogP contribution in [0.3, 0.4) is 0 Å². The summed E-state index contributed by atoms with van der Waals surface area (Å²) in [6.07, 6.45) is 32.6. The third-order valence-corrected chi connectivity index (χ3v) is 5.86. The molecule has 0 unspecified atom stereocenters.